The zero-order valence-corrected chi connectivity index (χ0v) is 23.4. The predicted molar refractivity (Wildman–Crippen MR) is 145 cm³/mol. The molecule has 0 fully saturated rings. The van der Waals surface area contributed by atoms with Crippen LogP contribution in [0.5, 0.6) is 11.5 Å². The lowest BCUT2D eigenvalue weighted by Crippen LogP contribution is -2.53. The van der Waals surface area contributed by atoms with Crippen LogP contribution >= 0.6 is 0 Å². The topological polar surface area (TPSA) is 105 Å². The second-order valence-corrected chi connectivity index (χ2v) is 10.7. The Morgan fingerprint density at radius 3 is 2.22 bits per heavy atom. The van der Waals surface area contributed by atoms with Crippen LogP contribution in [0.15, 0.2) is 48.5 Å². The second kappa shape index (κ2) is 13.9. The molecule has 0 radical (unpaired) electrons. The highest BCUT2D eigenvalue weighted by Crippen LogP contribution is 2.23. The lowest BCUT2D eigenvalue weighted by atomic mass is 10.1. The van der Waals surface area contributed by atoms with Crippen molar-refractivity contribution in [1.82, 2.24) is 10.2 Å². The van der Waals surface area contributed by atoms with Gasteiger partial charge < -0.3 is 19.7 Å². The van der Waals surface area contributed by atoms with Crippen molar-refractivity contribution in [3.8, 4) is 11.5 Å². The molecule has 1 N–H and O–H groups in total. The number of ether oxygens (including phenoxy) is 2. The Hall–Kier alpha value is -3.27. The van der Waals surface area contributed by atoms with Gasteiger partial charge in [0.25, 0.3) is 0 Å². The van der Waals surface area contributed by atoms with Crippen molar-refractivity contribution in [2.24, 2.45) is 0 Å². The number of nitrogens with one attached hydrogen (secondary N) is 1. The molecule has 0 heterocycles. The zero-order valence-electron chi connectivity index (χ0n) is 22.6. The highest BCUT2D eigenvalue weighted by molar-refractivity contribution is 7.92. The van der Waals surface area contributed by atoms with Gasteiger partial charge in [0.05, 0.1) is 25.7 Å². The molecule has 10 heteroatoms. The third kappa shape index (κ3) is 8.66. The molecule has 2 atom stereocenters. The van der Waals surface area contributed by atoms with Gasteiger partial charge >= 0.3 is 0 Å². The summed E-state index contributed by atoms with van der Waals surface area (Å²) in [6, 6.07) is 12.9. The minimum Gasteiger partial charge on any atom is -0.497 e. The number of benzene rings is 2. The molecule has 0 saturated carbocycles. The molecule has 0 spiro atoms. The first-order chi connectivity index (χ1) is 17.5. The van der Waals surface area contributed by atoms with Crippen LogP contribution in [0.3, 0.4) is 0 Å². The molecule has 0 saturated heterocycles. The van der Waals surface area contributed by atoms with Gasteiger partial charge in [0, 0.05) is 12.6 Å². The van der Waals surface area contributed by atoms with E-state index in [4.69, 9.17) is 9.47 Å². The van der Waals surface area contributed by atoms with Crippen molar-refractivity contribution in [3.05, 3.63) is 54.1 Å². The maximum absolute atomic E-state index is 13.7. The molecule has 0 unspecified atom stereocenters. The third-order valence-electron chi connectivity index (χ3n) is 5.99. The fourth-order valence-corrected chi connectivity index (χ4v) is 4.67. The number of nitrogens with zero attached hydrogens (tertiary/aromatic N) is 2. The summed E-state index contributed by atoms with van der Waals surface area (Å²) in [6.07, 6.45) is 2.15. The summed E-state index contributed by atoms with van der Waals surface area (Å²) in [5.41, 5.74) is 1.09. The molecule has 0 aliphatic carbocycles. The molecule has 204 valence electrons. The van der Waals surface area contributed by atoms with Crippen LogP contribution in [-0.4, -0.2) is 63.7 Å². The normalized spacial score (nSPS) is 12.8. The van der Waals surface area contributed by atoms with Crippen LogP contribution in [0.1, 0.15) is 46.1 Å². The predicted octanol–water partition coefficient (Wildman–Crippen LogP) is 3.58. The minimum absolute atomic E-state index is 0.0632. The summed E-state index contributed by atoms with van der Waals surface area (Å²) in [5.74, 6) is 0.445. The van der Waals surface area contributed by atoms with Crippen molar-refractivity contribution < 1.29 is 27.5 Å². The van der Waals surface area contributed by atoms with Crippen molar-refractivity contribution in [2.45, 2.75) is 59.2 Å². The van der Waals surface area contributed by atoms with Crippen LogP contribution in [0.4, 0.5) is 5.69 Å². The zero-order chi connectivity index (χ0) is 27.6. The van der Waals surface area contributed by atoms with Crippen molar-refractivity contribution in [2.75, 3.05) is 30.8 Å². The van der Waals surface area contributed by atoms with Crippen LogP contribution < -0.4 is 19.1 Å². The second-order valence-electron chi connectivity index (χ2n) is 8.81. The van der Waals surface area contributed by atoms with Crippen molar-refractivity contribution in [1.29, 1.82) is 0 Å². The van der Waals surface area contributed by atoms with E-state index in [9.17, 15) is 18.0 Å². The number of sulfonamides is 1. The van der Waals surface area contributed by atoms with E-state index in [1.165, 1.54) is 4.90 Å². The molecule has 9 nitrogen and oxygen atoms in total. The first kappa shape index (κ1) is 30.0. The first-order valence-corrected chi connectivity index (χ1v) is 14.3. The quantitative estimate of drug-likeness (QED) is 0.398. The smallest absolute Gasteiger partial charge is 0.244 e. The molecule has 2 aromatic rings. The molecular formula is C27H39N3O6S. The minimum atomic E-state index is -3.81. The van der Waals surface area contributed by atoms with Gasteiger partial charge in [-0.15, -0.1) is 0 Å². The summed E-state index contributed by atoms with van der Waals surface area (Å²) < 4.78 is 37.3. The van der Waals surface area contributed by atoms with E-state index in [-0.39, 0.29) is 18.5 Å². The Labute approximate surface area is 220 Å². The van der Waals surface area contributed by atoms with E-state index in [0.29, 0.717) is 30.2 Å². The van der Waals surface area contributed by atoms with E-state index in [1.54, 1.807) is 49.6 Å². The Kier molecular flexibility index (Phi) is 11.2. The van der Waals surface area contributed by atoms with Crippen LogP contribution in [0.25, 0.3) is 0 Å². The molecule has 37 heavy (non-hydrogen) atoms. The highest BCUT2D eigenvalue weighted by atomic mass is 32.2. The number of carbonyl (C=O) groups excluding carboxylic acids is 2. The van der Waals surface area contributed by atoms with E-state index in [1.807, 2.05) is 33.8 Å². The molecule has 2 rings (SSSR count). The monoisotopic (exact) mass is 533 g/mol. The van der Waals surface area contributed by atoms with Crippen molar-refractivity contribution >= 4 is 27.5 Å². The van der Waals surface area contributed by atoms with Gasteiger partial charge in [0.15, 0.2) is 0 Å². The van der Waals surface area contributed by atoms with Gasteiger partial charge in [-0.2, -0.15) is 0 Å². The number of anilines is 1. The Balaban J connectivity index is 2.43. The van der Waals surface area contributed by atoms with Gasteiger partial charge in [-0.1, -0.05) is 26.0 Å². The number of rotatable bonds is 14. The Morgan fingerprint density at radius 2 is 1.68 bits per heavy atom. The van der Waals surface area contributed by atoms with Gasteiger partial charge in [-0.3, -0.25) is 13.9 Å². The Bertz CT molecular complexity index is 1140. The van der Waals surface area contributed by atoms with Crippen molar-refractivity contribution in [3.63, 3.8) is 0 Å². The van der Waals surface area contributed by atoms with Crippen LogP contribution in [-0.2, 0) is 26.2 Å². The summed E-state index contributed by atoms with van der Waals surface area (Å²) in [4.78, 5) is 28.4. The number of hydrogen-bond donors (Lipinski definition) is 1. The lowest BCUT2D eigenvalue weighted by Gasteiger charge is -2.33. The number of amides is 2. The summed E-state index contributed by atoms with van der Waals surface area (Å²) in [7, 11) is -2.25. The standard InChI is InChI=1S/C27H39N3O6S/c1-7-20(4)28-27(32)25(8-2)29(18-21-11-10-12-24(17-21)35-5)26(31)19-30(37(6,33)34)22-13-15-23(16-14-22)36-9-3/h10-17,20,25H,7-9,18-19H2,1-6H3,(H,28,32)/t20-,25-/m1/s1. The van der Waals surface area contributed by atoms with Gasteiger partial charge in [-0.05, 0) is 68.7 Å². The third-order valence-corrected chi connectivity index (χ3v) is 7.13. The van der Waals surface area contributed by atoms with Crippen LogP contribution in [0.2, 0.25) is 0 Å². The molecule has 0 bridgehead atoms. The van der Waals surface area contributed by atoms with Crippen LogP contribution in [0, 0.1) is 0 Å². The SMILES string of the molecule is CCOc1ccc(N(CC(=O)N(Cc2cccc(OC)c2)[C@H](CC)C(=O)N[C@H](C)CC)S(C)(=O)=O)cc1. The van der Waals surface area contributed by atoms with Gasteiger partial charge in [0.1, 0.15) is 24.1 Å². The van der Waals surface area contributed by atoms with E-state index < -0.39 is 28.5 Å². The molecular weight excluding hydrogens is 494 g/mol. The maximum atomic E-state index is 13.7. The first-order valence-electron chi connectivity index (χ1n) is 12.5. The average molecular weight is 534 g/mol. The van der Waals surface area contributed by atoms with Gasteiger partial charge in [-0.25, -0.2) is 8.42 Å². The number of methoxy groups -OCH3 is 1. The summed E-state index contributed by atoms with van der Waals surface area (Å²) in [6.45, 7) is 7.68. The molecule has 0 aromatic heterocycles. The summed E-state index contributed by atoms with van der Waals surface area (Å²) in [5, 5.41) is 2.95. The number of carbonyl (C=O) groups is 2. The average Bonchev–Trinajstić information content (AvgIpc) is 2.87. The molecule has 0 aliphatic rings. The highest BCUT2D eigenvalue weighted by Gasteiger charge is 2.32. The fraction of sp³-hybridized carbons (Fsp3) is 0.481. The molecule has 0 aliphatic heterocycles. The van der Waals surface area contributed by atoms with E-state index in [0.717, 1.165) is 22.5 Å². The van der Waals surface area contributed by atoms with E-state index in [2.05, 4.69) is 5.32 Å². The Morgan fingerprint density at radius 1 is 1.00 bits per heavy atom. The molecule has 2 amide bonds. The van der Waals surface area contributed by atoms with E-state index >= 15 is 0 Å². The number of hydrogen-bond acceptors (Lipinski definition) is 6. The molecule has 2 aromatic carbocycles. The van der Waals surface area contributed by atoms with Gasteiger partial charge in [0.2, 0.25) is 21.8 Å². The lowest BCUT2D eigenvalue weighted by molar-refractivity contribution is -0.140. The largest absolute Gasteiger partial charge is 0.497 e. The fourth-order valence-electron chi connectivity index (χ4n) is 3.82. The maximum Gasteiger partial charge on any atom is 0.244 e. The summed E-state index contributed by atoms with van der Waals surface area (Å²) >= 11 is 0.